The molecule has 1 aliphatic heterocycles. The van der Waals surface area contributed by atoms with Crippen LogP contribution >= 0.6 is 0 Å². The zero-order valence-corrected chi connectivity index (χ0v) is 13.9. The highest BCUT2D eigenvalue weighted by atomic mass is 16.6. The van der Waals surface area contributed by atoms with Crippen LogP contribution in [0.3, 0.4) is 0 Å². The number of nitrogens with one attached hydrogen (secondary N) is 1. The summed E-state index contributed by atoms with van der Waals surface area (Å²) >= 11 is 0. The molecule has 1 fully saturated rings. The molecule has 3 rings (SSSR count). The molecule has 0 radical (unpaired) electrons. The first-order valence-electron chi connectivity index (χ1n) is 8.42. The molecule has 0 spiro atoms. The van der Waals surface area contributed by atoms with Crippen molar-refractivity contribution < 1.29 is 9.72 Å². The molecule has 0 saturated carbocycles. The zero-order chi connectivity index (χ0) is 17.6. The lowest BCUT2D eigenvalue weighted by molar-refractivity contribution is -0.384. The maximum Gasteiger partial charge on any atom is 0.293 e. The molecule has 0 atom stereocenters. The average Bonchev–Trinajstić information content (AvgIpc) is 2.64. The number of nitro benzene ring substituents is 1. The van der Waals surface area contributed by atoms with Crippen molar-refractivity contribution in [2.24, 2.45) is 0 Å². The van der Waals surface area contributed by atoms with Crippen molar-refractivity contribution in [3.8, 4) is 0 Å². The van der Waals surface area contributed by atoms with E-state index in [1.807, 2.05) is 18.2 Å². The molecule has 1 saturated heterocycles. The summed E-state index contributed by atoms with van der Waals surface area (Å²) in [6.07, 6.45) is 2.48. The summed E-state index contributed by atoms with van der Waals surface area (Å²) in [6.45, 7) is 2.83. The highest BCUT2D eigenvalue weighted by Crippen LogP contribution is 2.27. The van der Waals surface area contributed by atoms with Crippen molar-refractivity contribution in [2.45, 2.75) is 25.4 Å². The Labute approximate surface area is 146 Å². The fourth-order valence-corrected chi connectivity index (χ4v) is 3.19. The molecule has 0 amide bonds. The SMILES string of the molecule is O=Cc1ccc(NC2CCN(Cc3ccccc3)CC2)c([N+](=O)[O-])c1. The molecule has 6 nitrogen and oxygen atoms in total. The second-order valence-electron chi connectivity index (χ2n) is 6.33. The Morgan fingerprint density at radius 1 is 1.16 bits per heavy atom. The van der Waals surface area contributed by atoms with E-state index in [1.54, 1.807) is 12.1 Å². The van der Waals surface area contributed by atoms with E-state index in [-0.39, 0.29) is 11.7 Å². The summed E-state index contributed by atoms with van der Waals surface area (Å²) < 4.78 is 0. The normalized spacial score (nSPS) is 15.7. The minimum atomic E-state index is -0.445. The number of piperidine rings is 1. The van der Waals surface area contributed by atoms with Crippen molar-refractivity contribution in [3.63, 3.8) is 0 Å². The molecule has 130 valence electrons. The standard InChI is InChI=1S/C19H21N3O3/c23-14-16-6-7-18(19(12-16)22(24)25)20-17-8-10-21(11-9-17)13-15-4-2-1-3-5-15/h1-7,12,14,17,20H,8-11,13H2. The predicted octanol–water partition coefficient (Wildman–Crippen LogP) is 3.48. The molecule has 2 aromatic rings. The number of nitrogens with zero attached hydrogens (tertiary/aromatic N) is 2. The van der Waals surface area contributed by atoms with E-state index in [0.29, 0.717) is 17.5 Å². The minimum absolute atomic E-state index is 0.0451. The van der Waals surface area contributed by atoms with Crippen molar-refractivity contribution >= 4 is 17.7 Å². The first-order chi connectivity index (χ1) is 12.2. The molecular formula is C19H21N3O3. The molecule has 1 N–H and O–H groups in total. The highest BCUT2D eigenvalue weighted by Gasteiger charge is 2.22. The van der Waals surface area contributed by atoms with Gasteiger partial charge in [-0.1, -0.05) is 30.3 Å². The quantitative estimate of drug-likeness (QED) is 0.495. The van der Waals surface area contributed by atoms with E-state index < -0.39 is 4.92 Å². The van der Waals surface area contributed by atoms with Gasteiger partial charge < -0.3 is 5.32 Å². The second kappa shape index (κ2) is 7.90. The molecule has 0 aliphatic carbocycles. The van der Waals surface area contributed by atoms with Gasteiger partial charge in [0.25, 0.3) is 5.69 Å². The van der Waals surface area contributed by atoms with Crippen LogP contribution in [0.15, 0.2) is 48.5 Å². The van der Waals surface area contributed by atoms with Gasteiger partial charge in [-0.3, -0.25) is 19.8 Å². The Balaban J connectivity index is 1.59. The number of anilines is 1. The number of nitro groups is 1. The van der Waals surface area contributed by atoms with Crippen LogP contribution in [0.4, 0.5) is 11.4 Å². The topological polar surface area (TPSA) is 75.5 Å². The van der Waals surface area contributed by atoms with Crippen LogP contribution in [0.5, 0.6) is 0 Å². The van der Waals surface area contributed by atoms with Gasteiger partial charge in [-0.25, -0.2) is 0 Å². The summed E-state index contributed by atoms with van der Waals surface area (Å²) in [5, 5.41) is 14.5. The van der Waals surface area contributed by atoms with E-state index >= 15 is 0 Å². The fourth-order valence-electron chi connectivity index (χ4n) is 3.19. The lowest BCUT2D eigenvalue weighted by atomic mass is 10.0. The maximum atomic E-state index is 11.2. The van der Waals surface area contributed by atoms with Gasteiger partial charge in [0, 0.05) is 37.3 Å². The number of carbonyl (C=O) groups excluding carboxylic acids is 1. The molecule has 0 unspecified atom stereocenters. The molecule has 1 aliphatic rings. The monoisotopic (exact) mass is 339 g/mol. The Morgan fingerprint density at radius 2 is 1.88 bits per heavy atom. The molecule has 1 heterocycles. The summed E-state index contributed by atoms with van der Waals surface area (Å²) in [6, 6.07) is 15.1. The third kappa shape index (κ3) is 4.42. The Bertz CT molecular complexity index is 741. The van der Waals surface area contributed by atoms with Crippen LogP contribution in [0, 0.1) is 10.1 Å². The number of carbonyl (C=O) groups is 1. The fraction of sp³-hybridized carbons (Fsp3) is 0.316. The third-order valence-corrected chi connectivity index (χ3v) is 4.55. The van der Waals surface area contributed by atoms with Crippen molar-refractivity contribution in [1.29, 1.82) is 0 Å². The first kappa shape index (κ1) is 17.1. The van der Waals surface area contributed by atoms with Crippen molar-refractivity contribution in [3.05, 3.63) is 69.8 Å². The lowest BCUT2D eigenvalue weighted by Gasteiger charge is -2.32. The Hall–Kier alpha value is -2.73. The Morgan fingerprint density at radius 3 is 2.52 bits per heavy atom. The number of benzene rings is 2. The predicted molar refractivity (Wildman–Crippen MR) is 96.8 cm³/mol. The summed E-state index contributed by atoms with van der Waals surface area (Å²) in [4.78, 5) is 24.0. The van der Waals surface area contributed by atoms with Gasteiger partial charge in [0.2, 0.25) is 0 Å². The van der Waals surface area contributed by atoms with Crippen molar-refractivity contribution in [2.75, 3.05) is 18.4 Å². The van der Waals surface area contributed by atoms with Crippen LogP contribution < -0.4 is 5.32 Å². The van der Waals surface area contributed by atoms with Gasteiger partial charge in [0.1, 0.15) is 12.0 Å². The van der Waals surface area contributed by atoms with Gasteiger partial charge in [0.05, 0.1) is 4.92 Å². The van der Waals surface area contributed by atoms with Crippen LogP contribution in [0.1, 0.15) is 28.8 Å². The van der Waals surface area contributed by atoms with Crippen LogP contribution in [0.25, 0.3) is 0 Å². The van der Waals surface area contributed by atoms with Gasteiger partial charge in [-0.05, 0) is 30.5 Å². The van der Waals surface area contributed by atoms with E-state index in [1.165, 1.54) is 11.6 Å². The summed E-state index contributed by atoms with van der Waals surface area (Å²) in [7, 11) is 0. The Kier molecular flexibility index (Phi) is 5.40. The summed E-state index contributed by atoms with van der Waals surface area (Å²) in [5.74, 6) is 0. The van der Waals surface area contributed by atoms with Gasteiger partial charge >= 0.3 is 0 Å². The molecule has 0 aromatic heterocycles. The largest absolute Gasteiger partial charge is 0.377 e. The van der Waals surface area contributed by atoms with Crippen LogP contribution in [-0.2, 0) is 6.54 Å². The van der Waals surface area contributed by atoms with Gasteiger partial charge in [0.15, 0.2) is 0 Å². The molecular weight excluding hydrogens is 318 g/mol. The molecule has 25 heavy (non-hydrogen) atoms. The van der Waals surface area contributed by atoms with E-state index in [0.717, 1.165) is 32.5 Å². The lowest BCUT2D eigenvalue weighted by Crippen LogP contribution is -2.38. The first-order valence-corrected chi connectivity index (χ1v) is 8.42. The van der Waals surface area contributed by atoms with E-state index in [4.69, 9.17) is 0 Å². The van der Waals surface area contributed by atoms with E-state index in [2.05, 4.69) is 22.3 Å². The average molecular weight is 339 g/mol. The number of aldehydes is 1. The number of hydrogen-bond donors (Lipinski definition) is 1. The second-order valence-corrected chi connectivity index (χ2v) is 6.33. The van der Waals surface area contributed by atoms with Gasteiger partial charge in [-0.15, -0.1) is 0 Å². The van der Waals surface area contributed by atoms with Crippen LogP contribution in [0.2, 0.25) is 0 Å². The zero-order valence-electron chi connectivity index (χ0n) is 13.9. The smallest absolute Gasteiger partial charge is 0.293 e. The maximum absolute atomic E-state index is 11.2. The number of rotatable bonds is 6. The number of hydrogen-bond acceptors (Lipinski definition) is 5. The minimum Gasteiger partial charge on any atom is -0.377 e. The molecule has 2 aromatic carbocycles. The van der Waals surface area contributed by atoms with Crippen molar-refractivity contribution in [1.82, 2.24) is 4.90 Å². The molecule has 0 bridgehead atoms. The number of likely N-dealkylation sites (tertiary alicyclic amines) is 1. The highest BCUT2D eigenvalue weighted by molar-refractivity contribution is 5.79. The van der Waals surface area contributed by atoms with E-state index in [9.17, 15) is 14.9 Å². The third-order valence-electron chi connectivity index (χ3n) is 4.55. The van der Waals surface area contributed by atoms with Gasteiger partial charge in [-0.2, -0.15) is 0 Å². The summed E-state index contributed by atoms with van der Waals surface area (Å²) in [5.41, 5.74) is 2.05. The molecule has 6 heteroatoms. The van der Waals surface area contributed by atoms with Crippen LogP contribution in [-0.4, -0.2) is 35.2 Å².